The minimum atomic E-state index is -0.860. The second kappa shape index (κ2) is 11.0. The van der Waals surface area contributed by atoms with Crippen molar-refractivity contribution in [2.45, 2.75) is 51.9 Å². The third-order valence-corrected chi connectivity index (χ3v) is 7.16. The summed E-state index contributed by atoms with van der Waals surface area (Å²) in [6.45, 7) is 4.83. The number of thiocarbonyl (C=S) groups is 1. The van der Waals surface area contributed by atoms with Gasteiger partial charge in [-0.1, -0.05) is 62.3 Å². The van der Waals surface area contributed by atoms with Crippen molar-refractivity contribution in [2.75, 3.05) is 24.5 Å². The number of aliphatic carboxylic acids is 1. The molecule has 0 bridgehead atoms. The number of amides is 1. The Bertz CT molecular complexity index is 799. The molecule has 0 radical (unpaired) electrons. The summed E-state index contributed by atoms with van der Waals surface area (Å²) < 4.78 is 0.499. The Labute approximate surface area is 188 Å². The monoisotopic (exact) mass is 446 g/mol. The van der Waals surface area contributed by atoms with E-state index in [4.69, 9.17) is 17.3 Å². The largest absolute Gasteiger partial charge is 0.481 e. The fraction of sp³-hybridized carbons (Fsp3) is 0.522. The first-order chi connectivity index (χ1) is 14.5. The Balaban J connectivity index is 1.56. The molecule has 2 saturated heterocycles. The van der Waals surface area contributed by atoms with Gasteiger partial charge in [0.2, 0.25) is 0 Å². The second-order valence-corrected chi connectivity index (χ2v) is 9.67. The lowest BCUT2D eigenvalue weighted by atomic mass is 9.91. The molecule has 2 fully saturated rings. The van der Waals surface area contributed by atoms with E-state index < -0.39 is 5.97 Å². The van der Waals surface area contributed by atoms with Crippen molar-refractivity contribution >= 4 is 51.9 Å². The van der Waals surface area contributed by atoms with Gasteiger partial charge in [-0.05, 0) is 49.0 Å². The van der Waals surface area contributed by atoms with E-state index in [2.05, 4.69) is 36.1 Å². The number of carboxylic acid groups (broad SMARTS) is 1. The number of nitrogens with zero attached hydrogens (tertiary/aromatic N) is 2. The molecule has 162 valence electrons. The normalized spacial score (nSPS) is 19.2. The number of carbonyl (C=O) groups is 2. The average molecular weight is 447 g/mol. The van der Waals surface area contributed by atoms with Gasteiger partial charge >= 0.3 is 5.97 Å². The van der Waals surface area contributed by atoms with Crippen LogP contribution in [0.2, 0.25) is 0 Å². The molecule has 2 aliphatic rings. The number of piperidine rings is 1. The van der Waals surface area contributed by atoms with Gasteiger partial charge in [0.15, 0.2) is 0 Å². The number of unbranched alkanes of at least 4 members (excludes halogenated alkanes) is 1. The molecule has 0 aliphatic carbocycles. The summed E-state index contributed by atoms with van der Waals surface area (Å²) >= 11 is 6.59. The predicted octanol–water partition coefficient (Wildman–Crippen LogP) is 5.16. The molecule has 1 amide bonds. The first-order valence-electron chi connectivity index (χ1n) is 10.8. The minimum Gasteiger partial charge on any atom is -0.481 e. The van der Waals surface area contributed by atoms with E-state index in [1.54, 1.807) is 0 Å². The maximum absolute atomic E-state index is 12.6. The molecule has 2 heterocycles. The van der Waals surface area contributed by atoms with Gasteiger partial charge in [-0.25, -0.2) is 0 Å². The van der Waals surface area contributed by atoms with E-state index in [0.717, 1.165) is 24.6 Å². The fourth-order valence-electron chi connectivity index (χ4n) is 3.99. The van der Waals surface area contributed by atoms with Crippen LogP contribution >= 0.6 is 24.0 Å². The van der Waals surface area contributed by atoms with Crippen molar-refractivity contribution in [1.82, 2.24) is 4.90 Å². The van der Waals surface area contributed by atoms with Gasteiger partial charge in [0.1, 0.15) is 4.32 Å². The van der Waals surface area contributed by atoms with Crippen LogP contribution < -0.4 is 4.90 Å². The Kier molecular flexibility index (Phi) is 8.33. The van der Waals surface area contributed by atoms with Crippen LogP contribution in [0.1, 0.15) is 57.4 Å². The second-order valence-electron chi connectivity index (χ2n) is 7.99. The quantitative estimate of drug-likeness (QED) is 0.418. The molecule has 3 rings (SSSR count). The predicted molar refractivity (Wildman–Crippen MR) is 128 cm³/mol. The number of carbonyl (C=O) groups excluding carboxylic acids is 1. The molecule has 0 aromatic heterocycles. The van der Waals surface area contributed by atoms with Gasteiger partial charge < -0.3 is 10.0 Å². The van der Waals surface area contributed by atoms with Gasteiger partial charge in [0.05, 0.1) is 4.91 Å². The zero-order valence-electron chi connectivity index (χ0n) is 17.5. The van der Waals surface area contributed by atoms with Crippen LogP contribution in [0.3, 0.4) is 0 Å². The van der Waals surface area contributed by atoms with Crippen LogP contribution in [-0.2, 0) is 9.59 Å². The summed E-state index contributed by atoms with van der Waals surface area (Å²) in [6.07, 6.45) is 8.83. The maximum Gasteiger partial charge on any atom is 0.303 e. The molecule has 30 heavy (non-hydrogen) atoms. The van der Waals surface area contributed by atoms with E-state index in [-0.39, 0.29) is 12.3 Å². The number of anilines is 1. The van der Waals surface area contributed by atoms with Crippen LogP contribution in [0.25, 0.3) is 6.08 Å². The van der Waals surface area contributed by atoms with Crippen molar-refractivity contribution in [2.24, 2.45) is 5.92 Å². The molecule has 5 nitrogen and oxygen atoms in total. The van der Waals surface area contributed by atoms with Crippen LogP contribution in [0.5, 0.6) is 0 Å². The van der Waals surface area contributed by atoms with E-state index in [1.807, 2.05) is 6.08 Å². The minimum absolute atomic E-state index is 0.0351. The van der Waals surface area contributed by atoms with Crippen LogP contribution in [0.4, 0.5) is 5.69 Å². The number of hydrogen-bond donors (Lipinski definition) is 1. The molecule has 1 aromatic rings. The Morgan fingerprint density at radius 1 is 1.23 bits per heavy atom. The number of carboxylic acids is 1. The summed E-state index contributed by atoms with van der Waals surface area (Å²) in [6, 6.07) is 8.36. The summed E-state index contributed by atoms with van der Waals surface area (Å²) in [5, 5.41) is 8.77. The van der Waals surface area contributed by atoms with E-state index in [0.29, 0.717) is 22.2 Å². The molecule has 0 saturated carbocycles. The molecule has 0 spiro atoms. The molecule has 7 heteroatoms. The summed E-state index contributed by atoms with van der Waals surface area (Å²) in [5.41, 5.74) is 2.21. The SMILES string of the molecule is CCCCC1CCN(c2ccc(C=C3SC(=S)N(CCCC(=O)O)C3=O)cc2)CC1. The third-order valence-electron chi connectivity index (χ3n) is 5.78. The molecular formula is C23H30N2O3S2. The molecule has 0 atom stereocenters. The highest BCUT2D eigenvalue weighted by Crippen LogP contribution is 2.33. The summed E-state index contributed by atoms with van der Waals surface area (Å²) in [5.74, 6) is -0.118. The zero-order chi connectivity index (χ0) is 21.5. The molecule has 0 unspecified atom stereocenters. The Morgan fingerprint density at radius 3 is 2.57 bits per heavy atom. The van der Waals surface area contributed by atoms with Crippen molar-refractivity contribution in [3.63, 3.8) is 0 Å². The number of thioether (sulfide) groups is 1. The van der Waals surface area contributed by atoms with Gasteiger partial charge in [-0.2, -0.15) is 0 Å². The smallest absolute Gasteiger partial charge is 0.303 e. The number of rotatable bonds is 9. The van der Waals surface area contributed by atoms with Crippen LogP contribution in [-0.4, -0.2) is 45.8 Å². The summed E-state index contributed by atoms with van der Waals surface area (Å²) in [7, 11) is 0. The first kappa shape index (κ1) is 22.8. The van der Waals surface area contributed by atoms with Crippen molar-refractivity contribution in [3.8, 4) is 0 Å². The average Bonchev–Trinajstić information content (AvgIpc) is 3.00. The van der Waals surface area contributed by atoms with Gasteiger partial charge in [0.25, 0.3) is 5.91 Å². The lowest BCUT2D eigenvalue weighted by Gasteiger charge is -2.33. The topological polar surface area (TPSA) is 60.9 Å². The van der Waals surface area contributed by atoms with Crippen LogP contribution in [0, 0.1) is 5.92 Å². The van der Waals surface area contributed by atoms with Gasteiger partial charge in [-0.3, -0.25) is 14.5 Å². The van der Waals surface area contributed by atoms with Crippen molar-refractivity contribution in [1.29, 1.82) is 0 Å². The highest BCUT2D eigenvalue weighted by Gasteiger charge is 2.31. The van der Waals surface area contributed by atoms with E-state index in [9.17, 15) is 9.59 Å². The van der Waals surface area contributed by atoms with Gasteiger partial charge in [0, 0.05) is 31.7 Å². The standard InChI is InChI=1S/C23H30N2O3S2/c1-2-3-5-17-11-14-24(15-12-17)19-9-7-18(8-10-19)16-20-22(28)25(23(29)30-20)13-4-6-21(26)27/h7-10,16-17H,2-6,11-15H2,1H3,(H,26,27). The van der Waals surface area contributed by atoms with E-state index in [1.165, 1.54) is 54.5 Å². The van der Waals surface area contributed by atoms with E-state index >= 15 is 0 Å². The maximum atomic E-state index is 12.6. The lowest BCUT2D eigenvalue weighted by Crippen LogP contribution is -2.33. The number of benzene rings is 1. The third kappa shape index (κ3) is 6.08. The summed E-state index contributed by atoms with van der Waals surface area (Å²) in [4.78, 5) is 27.9. The highest BCUT2D eigenvalue weighted by molar-refractivity contribution is 8.26. The Morgan fingerprint density at radius 2 is 1.93 bits per heavy atom. The van der Waals surface area contributed by atoms with Crippen molar-refractivity contribution in [3.05, 3.63) is 34.7 Å². The van der Waals surface area contributed by atoms with Crippen molar-refractivity contribution < 1.29 is 14.7 Å². The number of hydrogen-bond acceptors (Lipinski definition) is 5. The van der Waals surface area contributed by atoms with Crippen LogP contribution in [0.15, 0.2) is 29.2 Å². The molecular weight excluding hydrogens is 416 g/mol. The highest BCUT2D eigenvalue weighted by atomic mass is 32.2. The van der Waals surface area contributed by atoms with Gasteiger partial charge in [-0.15, -0.1) is 0 Å². The molecule has 1 N–H and O–H groups in total. The Hall–Kier alpha value is -1.86. The first-order valence-corrected chi connectivity index (χ1v) is 12.0. The molecule has 1 aromatic carbocycles. The molecule has 2 aliphatic heterocycles. The lowest BCUT2D eigenvalue weighted by molar-refractivity contribution is -0.137. The zero-order valence-corrected chi connectivity index (χ0v) is 19.1. The fourth-order valence-corrected chi connectivity index (χ4v) is 5.30.